The van der Waals surface area contributed by atoms with Crippen molar-refractivity contribution in [3.63, 3.8) is 0 Å². The van der Waals surface area contributed by atoms with Crippen molar-refractivity contribution >= 4 is 23.4 Å². The fourth-order valence-corrected chi connectivity index (χ4v) is 2.02. The summed E-state index contributed by atoms with van der Waals surface area (Å²) in [5.74, 6) is -0.132. The zero-order valence-corrected chi connectivity index (χ0v) is 15.0. The molecule has 2 N–H and O–H groups in total. The lowest BCUT2D eigenvalue weighted by Crippen LogP contribution is -2.35. The molecule has 2 aromatic rings. The maximum absolute atomic E-state index is 11.9. The number of carbonyl (C=O) groups excluding carboxylic acids is 2. The van der Waals surface area contributed by atoms with Crippen LogP contribution in [0.2, 0.25) is 0 Å². The first kappa shape index (κ1) is 19.7. The Bertz CT molecular complexity index is 802. The van der Waals surface area contributed by atoms with Gasteiger partial charge in [0, 0.05) is 5.69 Å². The lowest BCUT2D eigenvalue weighted by Gasteiger charge is -2.08. The number of oxime groups is 1. The minimum Gasteiger partial charge on any atom is -0.425 e. The van der Waals surface area contributed by atoms with E-state index >= 15 is 0 Å². The lowest BCUT2D eigenvalue weighted by atomic mass is 10.1. The molecule has 0 aliphatic rings. The van der Waals surface area contributed by atoms with Crippen LogP contribution in [-0.4, -0.2) is 30.9 Å². The third-order valence-corrected chi connectivity index (χ3v) is 3.32. The highest BCUT2D eigenvalue weighted by atomic mass is 16.6. The molecule has 0 aliphatic carbocycles. The smallest absolute Gasteiger partial charge is 0.330 e. The molecule has 7 nitrogen and oxygen atoms in total. The quantitative estimate of drug-likeness (QED) is 0.187. The number of ether oxygens (including phenoxy) is 1. The molecule has 0 radical (unpaired) electrons. The molecule has 0 saturated heterocycles. The molecule has 0 bridgehead atoms. The number of urea groups is 1. The van der Waals surface area contributed by atoms with Crippen molar-refractivity contribution < 1.29 is 19.2 Å². The highest BCUT2D eigenvalue weighted by molar-refractivity contribution is 5.99. The molecule has 0 unspecified atom stereocenters. The maximum Gasteiger partial charge on any atom is 0.330 e. The molecule has 0 fully saturated rings. The lowest BCUT2D eigenvalue weighted by molar-refractivity contribution is -0.133. The Morgan fingerprint density at radius 3 is 2.48 bits per heavy atom. The number of rotatable bonds is 8. The Morgan fingerprint density at radius 1 is 1.11 bits per heavy atom. The highest BCUT2D eigenvalue weighted by Gasteiger charge is 2.08. The van der Waals surface area contributed by atoms with E-state index in [0.29, 0.717) is 23.8 Å². The van der Waals surface area contributed by atoms with Gasteiger partial charge in [-0.15, -0.1) is 0 Å². The Labute approximate surface area is 157 Å². The summed E-state index contributed by atoms with van der Waals surface area (Å²) in [6, 6.07) is 15.2. The minimum absolute atomic E-state index is 0.245. The third kappa shape index (κ3) is 7.03. The summed E-state index contributed by atoms with van der Waals surface area (Å²) in [4.78, 5) is 28.6. The zero-order chi connectivity index (χ0) is 19.5. The van der Waals surface area contributed by atoms with Crippen molar-refractivity contribution in [1.82, 2.24) is 5.32 Å². The molecule has 0 saturated carbocycles. The van der Waals surface area contributed by atoms with Crippen LogP contribution < -0.4 is 15.4 Å². The van der Waals surface area contributed by atoms with Crippen LogP contribution in [0.3, 0.4) is 0 Å². The van der Waals surface area contributed by atoms with Crippen LogP contribution in [-0.2, 0) is 9.63 Å². The average molecular weight is 367 g/mol. The summed E-state index contributed by atoms with van der Waals surface area (Å²) < 4.78 is 5.08. The van der Waals surface area contributed by atoms with Gasteiger partial charge in [-0.1, -0.05) is 48.1 Å². The first-order valence-corrected chi connectivity index (χ1v) is 8.27. The van der Waals surface area contributed by atoms with Gasteiger partial charge in [0.15, 0.2) is 0 Å². The van der Waals surface area contributed by atoms with Crippen molar-refractivity contribution in [3.8, 4) is 5.75 Å². The summed E-state index contributed by atoms with van der Waals surface area (Å²) in [7, 11) is 0. The second-order valence-electron chi connectivity index (χ2n) is 5.43. The van der Waals surface area contributed by atoms with Gasteiger partial charge in [-0.2, -0.15) is 0 Å². The van der Waals surface area contributed by atoms with Gasteiger partial charge in [0.25, 0.3) is 0 Å². The molecule has 0 heterocycles. The number of carbonyl (C=O) groups is 2. The zero-order valence-electron chi connectivity index (χ0n) is 15.0. The van der Waals surface area contributed by atoms with E-state index < -0.39 is 12.0 Å². The Hall–Kier alpha value is -3.61. The number of hydrogen-bond acceptors (Lipinski definition) is 5. The van der Waals surface area contributed by atoms with Gasteiger partial charge in [0.1, 0.15) is 18.9 Å². The number of hydrogen-bond donors (Lipinski definition) is 2. The summed E-state index contributed by atoms with van der Waals surface area (Å²) in [6.45, 7) is 5.46. The van der Waals surface area contributed by atoms with Crippen LogP contribution in [0.25, 0.3) is 0 Å². The molecule has 0 aromatic heterocycles. The van der Waals surface area contributed by atoms with Gasteiger partial charge in [-0.3, -0.25) is 0 Å². The molecule has 27 heavy (non-hydrogen) atoms. The van der Waals surface area contributed by atoms with Gasteiger partial charge in [0.05, 0.1) is 5.71 Å². The van der Waals surface area contributed by atoms with Crippen molar-refractivity contribution in [3.05, 3.63) is 72.8 Å². The molecule has 0 spiro atoms. The van der Waals surface area contributed by atoms with Crippen LogP contribution in [0, 0.1) is 0 Å². The monoisotopic (exact) mass is 367 g/mol. The predicted molar refractivity (Wildman–Crippen MR) is 104 cm³/mol. The number of amides is 2. The number of nitrogens with zero attached hydrogens (tertiary/aromatic N) is 1. The van der Waals surface area contributed by atoms with Gasteiger partial charge < -0.3 is 20.2 Å². The SMILES string of the molecule is C=CCON=C(C)c1ccc(NC(=O)NCC(=O)Oc2ccccc2)cc1. The van der Waals surface area contributed by atoms with E-state index in [2.05, 4.69) is 22.4 Å². The van der Waals surface area contributed by atoms with Crippen LogP contribution in [0.5, 0.6) is 5.75 Å². The first-order chi connectivity index (χ1) is 13.1. The molecule has 2 amide bonds. The molecular formula is C20H21N3O4. The second-order valence-corrected chi connectivity index (χ2v) is 5.43. The van der Waals surface area contributed by atoms with Gasteiger partial charge in [-0.05, 0) is 36.8 Å². The first-order valence-electron chi connectivity index (χ1n) is 8.27. The number of anilines is 1. The average Bonchev–Trinajstić information content (AvgIpc) is 2.68. The third-order valence-electron chi connectivity index (χ3n) is 3.32. The second kappa shape index (κ2) is 10.4. The van der Waals surface area contributed by atoms with Crippen LogP contribution in [0.4, 0.5) is 10.5 Å². The van der Waals surface area contributed by atoms with Crippen molar-refractivity contribution in [2.45, 2.75) is 6.92 Å². The van der Waals surface area contributed by atoms with E-state index in [1.54, 1.807) is 54.6 Å². The van der Waals surface area contributed by atoms with Gasteiger partial charge in [0.2, 0.25) is 0 Å². The van der Waals surface area contributed by atoms with Crippen molar-refractivity contribution in [1.29, 1.82) is 0 Å². The Balaban J connectivity index is 1.79. The van der Waals surface area contributed by atoms with Crippen LogP contribution in [0.1, 0.15) is 12.5 Å². The van der Waals surface area contributed by atoms with Crippen molar-refractivity contribution in [2.24, 2.45) is 5.16 Å². The molecular weight excluding hydrogens is 346 g/mol. The predicted octanol–water partition coefficient (Wildman–Crippen LogP) is 3.34. The van der Waals surface area contributed by atoms with Crippen molar-refractivity contribution in [2.75, 3.05) is 18.5 Å². The summed E-state index contributed by atoms with van der Waals surface area (Å²) >= 11 is 0. The van der Waals surface area contributed by atoms with E-state index in [0.717, 1.165) is 5.56 Å². The van der Waals surface area contributed by atoms with Crippen LogP contribution in [0.15, 0.2) is 72.4 Å². The number of esters is 1. The maximum atomic E-state index is 11.9. The summed E-state index contributed by atoms with van der Waals surface area (Å²) in [6.07, 6.45) is 1.61. The van der Waals surface area contributed by atoms with Gasteiger partial charge >= 0.3 is 12.0 Å². The van der Waals surface area contributed by atoms with E-state index in [-0.39, 0.29) is 6.54 Å². The molecule has 0 aliphatic heterocycles. The number of nitrogens with one attached hydrogen (secondary N) is 2. The molecule has 2 aromatic carbocycles. The Kier molecular flexibility index (Phi) is 7.59. The van der Waals surface area contributed by atoms with Crippen LogP contribution >= 0.6 is 0 Å². The van der Waals surface area contributed by atoms with Gasteiger partial charge in [-0.25, -0.2) is 9.59 Å². The number of para-hydroxylation sites is 1. The normalized spacial score (nSPS) is 10.6. The molecule has 140 valence electrons. The number of benzene rings is 2. The highest BCUT2D eigenvalue weighted by Crippen LogP contribution is 2.11. The van der Waals surface area contributed by atoms with E-state index in [9.17, 15) is 9.59 Å². The molecule has 2 rings (SSSR count). The summed E-state index contributed by atoms with van der Waals surface area (Å²) in [5.41, 5.74) is 2.14. The Morgan fingerprint density at radius 2 is 1.81 bits per heavy atom. The topological polar surface area (TPSA) is 89.0 Å². The van der Waals surface area contributed by atoms with E-state index in [4.69, 9.17) is 9.57 Å². The minimum atomic E-state index is -0.557. The molecule has 7 heteroatoms. The standard InChI is InChI=1S/C20H21N3O4/c1-3-13-26-23-15(2)16-9-11-17(12-10-16)22-20(25)21-14-19(24)27-18-7-5-4-6-8-18/h3-12H,1,13-14H2,2H3,(H2,21,22,25). The fraction of sp³-hybridized carbons (Fsp3) is 0.150. The fourth-order valence-electron chi connectivity index (χ4n) is 2.02. The molecule has 0 atom stereocenters. The largest absolute Gasteiger partial charge is 0.425 e. The van der Waals surface area contributed by atoms with E-state index in [1.165, 1.54) is 0 Å². The van der Waals surface area contributed by atoms with E-state index in [1.807, 2.05) is 13.0 Å². The summed E-state index contributed by atoms with van der Waals surface area (Å²) in [5, 5.41) is 9.03.